The Morgan fingerprint density at radius 3 is 2.25 bits per heavy atom. The molecule has 0 atom stereocenters. The molecular formula is C19H20N2O7. The predicted octanol–water partition coefficient (Wildman–Crippen LogP) is 2.65. The molecule has 28 heavy (non-hydrogen) atoms. The molecule has 9 heteroatoms. The van der Waals surface area contributed by atoms with Crippen molar-refractivity contribution in [1.29, 1.82) is 0 Å². The van der Waals surface area contributed by atoms with Gasteiger partial charge in [0.05, 0.1) is 19.1 Å². The Hall–Kier alpha value is -3.62. The van der Waals surface area contributed by atoms with Crippen molar-refractivity contribution >= 4 is 17.6 Å². The second kappa shape index (κ2) is 8.85. The molecule has 0 radical (unpaired) electrons. The standard InChI is InChI=1S/C19H20N2O7/c1-12-16(5-4-6-17(12)21(25)26)19(24)20(11-18(22)23)10-13-7-14(27-2)9-15(8-13)28-3/h4-9H,10-11H2,1-3H3,(H,22,23). The van der Waals surface area contributed by atoms with Crippen molar-refractivity contribution in [3.8, 4) is 11.5 Å². The topological polar surface area (TPSA) is 119 Å². The minimum atomic E-state index is -1.20. The fourth-order valence-corrected chi connectivity index (χ4v) is 2.76. The lowest BCUT2D eigenvalue weighted by Gasteiger charge is -2.22. The van der Waals surface area contributed by atoms with Crippen LogP contribution in [-0.2, 0) is 11.3 Å². The van der Waals surface area contributed by atoms with Gasteiger partial charge in [0.2, 0.25) is 0 Å². The monoisotopic (exact) mass is 388 g/mol. The molecule has 0 aliphatic rings. The molecule has 2 aromatic rings. The molecule has 148 valence electrons. The number of aliphatic carboxylic acids is 1. The third-order valence-corrected chi connectivity index (χ3v) is 4.13. The van der Waals surface area contributed by atoms with Crippen molar-refractivity contribution in [2.45, 2.75) is 13.5 Å². The summed E-state index contributed by atoms with van der Waals surface area (Å²) in [6.07, 6.45) is 0. The van der Waals surface area contributed by atoms with Crippen LogP contribution in [0.15, 0.2) is 36.4 Å². The van der Waals surface area contributed by atoms with Crippen LogP contribution >= 0.6 is 0 Å². The molecule has 0 fully saturated rings. The molecule has 0 aliphatic carbocycles. The summed E-state index contributed by atoms with van der Waals surface area (Å²) in [5.41, 5.74) is 0.638. The zero-order valence-electron chi connectivity index (χ0n) is 15.7. The second-order valence-corrected chi connectivity index (χ2v) is 5.98. The van der Waals surface area contributed by atoms with E-state index in [4.69, 9.17) is 9.47 Å². The molecule has 0 unspecified atom stereocenters. The van der Waals surface area contributed by atoms with Gasteiger partial charge in [-0.15, -0.1) is 0 Å². The maximum absolute atomic E-state index is 13.0. The minimum Gasteiger partial charge on any atom is -0.497 e. The van der Waals surface area contributed by atoms with Crippen molar-refractivity contribution in [2.75, 3.05) is 20.8 Å². The maximum atomic E-state index is 13.0. The van der Waals surface area contributed by atoms with Crippen molar-refractivity contribution in [3.63, 3.8) is 0 Å². The van der Waals surface area contributed by atoms with Gasteiger partial charge in [0.1, 0.15) is 18.0 Å². The van der Waals surface area contributed by atoms with Gasteiger partial charge in [0.25, 0.3) is 11.6 Å². The molecule has 2 aromatic carbocycles. The van der Waals surface area contributed by atoms with Gasteiger partial charge in [-0.2, -0.15) is 0 Å². The van der Waals surface area contributed by atoms with Crippen LogP contribution in [0.4, 0.5) is 5.69 Å². The van der Waals surface area contributed by atoms with Crippen LogP contribution in [-0.4, -0.2) is 47.6 Å². The summed E-state index contributed by atoms with van der Waals surface area (Å²) in [6, 6.07) is 9.09. The summed E-state index contributed by atoms with van der Waals surface area (Å²) >= 11 is 0. The molecule has 0 bridgehead atoms. The Balaban J connectivity index is 2.42. The number of carbonyl (C=O) groups excluding carboxylic acids is 1. The molecule has 0 aliphatic heterocycles. The number of hydrogen-bond donors (Lipinski definition) is 1. The van der Waals surface area contributed by atoms with Crippen LogP contribution in [0.25, 0.3) is 0 Å². The lowest BCUT2D eigenvalue weighted by atomic mass is 10.0. The highest BCUT2D eigenvalue weighted by Gasteiger charge is 2.24. The number of methoxy groups -OCH3 is 2. The molecule has 1 amide bonds. The molecule has 0 aromatic heterocycles. The van der Waals surface area contributed by atoms with Crippen LogP contribution in [0.1, 0.15) is 21.5 Å². The number of benzene rings is 2. The Kier molecular flexibility index (Phi) is 6.54. The van der Waals surface area contributed by atoms with Gasteiger partial charge in [-0.1, -0.05) is 6.07 Å². The molecule has 9 nitrogen and oxygen atoms in total. The van der Waals surface area contributed by atoms with E-state index in [-0.39, 0.29) is 23.4 Å². The maximum Gasteiger partial charge on any atom is 0.323 e. The number of amides is 1. The highest BCUT2D eigenvalue weighted by Crippen LogP contribution is 2.26. The van der Waals surface area contributed by atoms with Crippen LogP contribution in [0.2, 0.25) is 0 Å². The first-order valence-corrected chi connectivity index (χ1v) is 8.23. The SMILES string of the molecule is COc1cc(CN(CC(=O)O)C(=O)c2cccc([N+](=O)[O-])c2C)cc(OC)c1. The van der Waals surface area contributed by atoms with Crippen LogP contribution in [0.5, 0.6) is 11.5 Å². The highest BCUT2D eigenvalue weighted by atomic mass is 16.6. The number of carboxylic acid groups (broad SMARTS) is 1. The second-order valence-electron chi connectivity index (χ2n) is 5.98. The van der Waals surface area contributed by atoms with E-state index in [0.29, 0.717) is 17.1 Å². The van der Waals surface area contributed by atoms with Crippen molar-refractivity contribution < 1.29 is 29.1 Å². The molecule has 0 saturated carbocycles. The normalized spacial score (nSPS) is 10.2. The lowest BCUT2D eigenvalue weighted by molar-refractivity contribution is -0.385. The summed E-state index contributed by atoms with van der Waals surface area (Å²) in [5, 5.41) is 20.4. The van der Waals surface area contributed by atoms with Gasteiger partial charge in [-0.05, 0) is 30.7 Å². The molecule has 0 spiro atoms. The van der Waals surface area contributed by atoms with Crippen molar-refractivity contribution in [3.05, 3.63) is 63.2 Å². The number of nitrogens with zero attached hydrogens (tertiary/aromatic N) is 2. The Morgan fingerprint density at radius 1 is 1.14 bits per heavy atom. The van der Waals surface area contributed by atoms with Gasteiger partial charge in [0, 0.05) is 29.8 Å². The number of carbonyl (C=O) groups is 2. The fraction of sp³-hybridized carbons (Fsp3) is 0.263. The first kappa shape index (κ1) is 20.7. The predicted molar refractivity (Wildman–Crippen MR) is 99.8 cm³/mol. The van der Waals surface area contributed by atoms with Crippen molar-refractivity contribution in [2.24, 2.45) is 0 Å². The number of nitro benzene ring substituents is 1. The van der Waals surface area contributed by atoms with E-state index < -0.39 is 23.3 Å². The number of hydrogen-bond acceptors (Lipinski definition) is 6. The van der Waals surface area contributed by atoms with Gasteiger partial charge in [-0.3, -0.25) is 19.7 Å². The smallest absolute Gasteiger partial charge is 0.323 e. The number of rotatable bonds is 8. The molecule has 2 rings (SSSR count). The summed E-state index contributed by atoms with van der Waals surface area (Å²) in [7, 11) is 2.95. The van der Waals surface area contributed by atoms with E-state index in [0.717, 1.165) is 4.90 Å². The quantitative estimate of drug-likeness (QED) is 0.545. The zero-order chi connectivity index (χ0) is 20.8. The first-order valence-electron chi connectivity index (χ1n) is 8.23. The molecule has 0 saturated heterocycles. The Morgan fingerprint density at radius 2 is 1.75 bits per heavy atom. The fourth-order valence-electron chi connectivity index (χ4n) is 2.76. The van der Waals surface area contributed by atoms with Gasteiger partial charge in [0.15, 0.2) is 0 Å². The van der Waals surface area contributed by atoms with E-state index in [1.165, 1.54) is 39.3 Å². The summed E-state index contributed by atoms with van der Waals surface area (Å²) in [5.74, 6) is -0.844. The van der Waals surface area contributed by atoms with Gasteiger partial charge in [-0.25, -0.2) is 0 Å². The van der Waals surface area contributed by atoms with E-state index in [1.54, 1.807) is 18.2 Å². The molecule has 0 heterocycles. The third-order valence-electron chi connectivity index (χ3n) is 4.13. The van der Waals surface area contributed by atoms with E-state index >= 15 is 0 Å². The summed E-state index contributed by atoms with van der Waals surface area (Å²) in [6.45, 7) is 0.847. The average molecular weight is 388 g/mol. The molecular weight excluding hydrogens is 368 g/mol. The first-order chi connectivity index (χ1) is 13.3. The number of carboxylic acids is 1. The zero-order valence-corrected chi connectivity index (χ0v) is 15.7. The van der Waals surface area contributed by atoms with Gasteiger partial charge >= 0.3 is 5.97 Å². The van der Waals surface area contributed by atoms with E-state index in [1.807, 2.05) is 0 Å². The third kappa shape index (κ3) is 4.76. The molecule has 1 N–H and O–H groups in total. The average Bonchev–Trinajstić information content (AvgIpc) is 2.66. The van der Waals surface area contributed by atoms with Crippen molar-refractivity contribution in [1.82, 2.24) is 4.90 Å². The van der Waals surface area contributed by atoms with E-state index in [9.17, 15) is 24.8 Å². The van der Waals surface area contributed by atoms with Crippen LogP contribution in [0.3, 0.4) is 0 Å². The summed E-state index contributed by atoms with van der Waals surface area (Å²) in [4.78, 5) is 35.9. The largest absolute Gasteiger partial charge is 0.497 e. The lowest BCUT2D eigenvalue weighted by Crippen LogP contribution is -2.35. The number of nitro groups is 1. The van der Waals surface area contributed by atoms with Crippen LogP contribution in [0, 0.1) is 17.0 Å². The number of ether oxygens (including phenoxy) is 2. The van der Waals surface area contributed by atoms with Crippen LogP contribution < -0.4 is 9.47 Å². The Bertz CT molecular complexity index is 889. The highest BCUT2D eigenvalue weighted by molar-refractivity contribution is 5.98. The minimum absolute atomic E-state index is 0.0408. The Labute approximate surface area is 161 Å². The van der Waals surface area contributed by atoms with Gasteiger partial charge < -0.3 is 19.5 Å². The van der Waals surface area contributed by atoms with E-state index in [2.05, 4.69) is 0 Å². The summed E-state index contributed by atoms with van der Waals surface area (Å²) < 4.78 is 10.4.